The van der Waals surface area contributed by atoms with Crippen molar-refractivity contribution >= 4 is 17.4 Å². The largest absolute Gasteiger partial charge is 0.355 e. The molecule has 0 radical (unpaired) electrons. The minimum absolute atomic E-state index is 0.00707. The van der Waals surface area contributed by atoms with Crippen LogP contribution in [0.2, 0.25) is 0 Å². The molecule has 0 aromatic carbocycles. The van der Waals surface area contributed by atoms with Crippen LogP contribution in [0.3, 0.4) is 0 Å². The van der Waals surface area contributed by atoms with Crippen molar-refractivity contribution in [3.8, 4) is 0 Å². The second kappa shape index (κ2) is 7.39. The number of aromatic nitrogens is 5. The zero-order valence-electron chi connectivity index (χ0n) is 17.5. The van der Waals surface area contributed by atoms with Crippen LogP contribution in [-0.2, 0) is 7.05 Å². The lowest BCUT2D eigenvalue weighted by atomic mass is 9.99. The molecule has 2 aliphatic heterocycles. The van der Waals surface area contributed by atoms with Crippen molar-refractivity contribution in [2.24, 2.45) is 12.8 Å². The van der Waals surface area contributed by atoms with Gasteiger partial charge in [-0.1, -0.05) is 0 Å². The van der Waals surface area contributed by atoms with Crippen LogP contribution in [0.4, 0.5) is 5.82 Å². The zero-order valence-corrected chi connectivity index (χ0v) is 17.5. The fourth-order valence-electron chi connectivity index (χ4n) is 4.69. The molecule has 1 amide bonds. The molecule has 5 rings (SSSR count). The Hall–Kier alpha value is -2.94. The third kappa shape index (κ3) is 3.23. The molecule has 2 saturated heterocycles. The van der Waals surface area contributed by atoms with Gasteiger partial charge in [0.25, 0.3) is 5.91 Å². The lowest BCUT2D eigenvalue weighted by Gasteiger charge is -2.34. The number of anilines is 1. The molecule has 2 aliphatic rings. The molecule has 3 aromatic rings. The van der Waals surface area contributed by atoms with Crippen molar-refractivity contribution in [2.45, 2.75) is 44.7 Å². The molecular weight excluding hydrogens is 380 g/mol. The molecule has 2 unspecified atom stereocenters. The maximum absolute atomic E-state index is 13.2. The number of rotatable bonds is 3. The molecule has 0 saturated carbocycles. The minimum Gasteiger partial charge on any atom is -0.355 e. The van der Waals surface area contributed by atoms with Crippen LogP contribution in [0.25, 0.3) is 5.65 Å². The maximum atomic E-state index is 13.2. The number of likely N-dealkylation sites (tertiary alicyclic amines) is 1. The van der Waals surface area contributed by atoms with E-state index in [1.54, 1.807) is 24.0 Å². The third-order valence-corrected chi connectivity index (χ3v) is 6.29. The quantitative estimate of drug-likeness (QED) is 0.708. The number of amides is 1. The number of fused-ring (bicyclic) bond motifs is 1. The Kier molecular flexibility index (Phi) is 4.69. The van der Waals surface area contributed by atoms with Crippen molar-refractivity contribution in [1.29, 1.82) is 0 Å². The predicted octanol–water partition coefficient (Wildman–Crippen LogP) is 1.68. The van der Waals surface area contributed by atoms with E-state index in [1.807, 2.05) is 21.7 Å². The van der Waals surface area contributed by atoms with E-state index in [4.69, 9.17) is 15.8 Å². The van der Waals surface area contributed by atoms with E-state index >= 15 is 0 Å². The van der Waals surface area contributed by atoms with Crippen molar-refractivity contribution in [1.82, 2.24) is 29.3 Å². The Morgan fingerprint density at radius 2 is 2.10 bits per heavy atom. The molecule has 2 fully saturated rings. The molecule has 3 aromatic heterocycles. The number of hydrogen-bond acceptors (Lipinski definition) is 6. The van der Waals surface area contributed by atoms with Gasteiger partial charge in [-0.15, -0.1) is 0 Å². The molecule has 2 atom stereocenters. The van der Waals surface area contributed by atoms with Crippen molar-refractivity contribution in [3.63, 3.8) is 0 Å². The number of carbonyl (C=O) groups is 1. The van der Waals surface area contributed by atoms with Crippen molar-refractivity contribution in [2.75, 3.05) is 24.5 Å². The first kappa shape index (κ1) is 19.0. The third-order valence-electron chi connectivity index (χ3n) is 6.29. The van der Waals surface area contributed by atoms with Gasteiger partial charge in [-0.3, -0.25) is 9.48 Å². The number of aryl methyl sites for hydroxylation is 2. The van der Waals surface area contributed by atoms with Gasteiger partial charge in [-0.05, 0) is 38.7 Å². The van der Waals surface area contributed by atoms with Gasteiger partial charge >= 0.3 is 0 Å². The van der Waals surface area contributed by atoms with Gasteiger partial charge in [-0.25, -0.2) is 9.50 Å². The maximum Gasteiger partial charge on any atom is 0.272 e. The Labute approximate surface area is 175 Å². The first-order chi connectivity index (χ1) is 14.5. The van der Waals surface area contributed by atoms with E-state index < -0.39 is 0 Å². The van der Waals surface area contributed by atoms with Crippen molar-refractivity contribution in [3.05, 3.63) is 41.5 Å². The molecule has 30 heavy (non-hydrogen) atoms. The molecule has 0 aliphatic carbocycles. The van der Waals surface area contributed by atoms with E-state index in [-0.39, 0.29) is 18.0 Å². The number of nitrogens with two attached hydrogens (primary N) is 1. The standard InChI is InChI=1S/C21H28N8O/c1-14-12-29-19(24-20(14)27-10-7-15(22)13-27)11-16(25-29)17-5-3-4-9-28(17)21(30)18-6-8-23-26(18)2/h6,8,11-12,15,17H,3-5,7,9-10,13,22H2,1-2H3. The fourth-order valence-corrected chi connectivity index (χ4v) is 4.69. The van der Waals surface area contributed by atoms with Gasteiger partial charge in [0.05, 0.1) is 11.7 Å². The van der Waals surface area contributed by atoms with Crippen LogP contribution in [-0.4, -0.2) is 60.9 Å². The van der Waals surface area contributed by atoms with Gasteiger partial charge < -0.3 is 15.5 Å². The summed E-state index contributed by atoms with van der Waals surface area (Å²) in [5.41, 5.74) is 9.48. The Bertz CT molecular complexity index is 1090. The molecule has 9 nitrogen and oxygen atoms in total. The smallest absolute Gasteiger partial charge is 0.272 e. The SMILES string of the molecule is Cc1cn2nc(C3CCCCN3C(=O)c3ccnn3C)cc2nc1N1CCC(N)C1. The van der Waals surface area contributed by atoms with Gasteiger partial charge in [0.2, 0.25) is 0 Å². The highest BCUT2D eigenvalue weighted by Gasteiger charge is 2.32. The van der Waals surface area contributed by atoms with Crippen LogP contribution >= 0.6 is 0 Å². The summed E-state index contributed by atoms with van der Waals surface area (Å²) in [7, 11) is 1.80. The summed E-state index contributed by atoms with van der Waals surface area (Å²) in [6.07, 6.45) is 7.67. The summed E-state index contributed by atoms with van der Waals surface area (Å²) < 4.78 is 3.47. The van der Waals surface area contributed by atoms with E-state index in [1.165, 1.54) is 0 Å². The Morgan fingerprint density at radius 1 is 1.23 bits per heavy atom. The molecule has 158 valence electrons. The summed E-state index contributed by atoms with van der Waals surface area (Å²) >= 11 is 0. The number of carbonyl (C=O) groups excluding carboxylic acids is 1. The highest BCUT2D eigenvalue weighted by molar-refractivity contribution is 5.92. The topological polar surface area (TPSA) is 97.6 Å². The fraction of sp³-hybridized carbons (Fsp3) is 0.524. The highest BCUT2D eigenvalue weighted by atomic mass is 16.2. The monoisotopic (exact) mass is 408 g/mol. The van der Waals surface area contributed by atoms with Gasteiger partial charge in [0.1, 0.15) is 11.5 Å². The van der Waals surface area contributed by atoms with E-state index in [0.717, 1.165) is 68.0 Å². The normalized spacial score (nSPS) is 22.2. The first-order valence-electron chi connectivity index (χ1n) is 10.7. The van der Waals surface area contributed by atoms with Crippen LogP contribution in [0.5, 0.6) is 0 Å². The highest BCUT2D eigenvalue weighted by Crippen LogP contribution is 2.32. The van der Waals surface area contributed by atoms with E-state index in [2.05, 4.69) is 16.9 Å². The first-order valence-corrected chi connectivity index (χ1v) is 10.7. The molecular formula is C21H28N8O. The molecule has 5 heterocycles. The van der Waals surface area contributed by atoms with Gasteiger partial charge in [-0.2, -0.15) is 10.2 Å². The van der Waals surface area contributed by atoms with E-state index in [9.17, 15) is 4.79 Å². The van der Waals surface area contributed by atoms with Crippen LogP contribution in [0.15, 0.2) is 24.5 Å². The summed E-state index contributed by atoms with van der Waals surface area (Å²) in [6, 6.07) is 3.96. The summed E-state index contributed by atoms with van der Waals surface area (Å²) in [6.45, 7) is 4.56. The van der Waals surface area contributed by atoms with Crippen LogP contribution in [0, 0.1) is 6.92 Å². The van der Waals surface area contributed by atoms with Crippen LogP contribution < -0.4 is 10.6 Å². The minimum atomic E-state index is -0.0492. The van der Waals surface area contributed by atoms with Crippen LogP contribution in [0.1, 0.15) is 53.5 Å². The summed E-state index contributed by atoms with van der Waals surface area (Å²) in [5.74, 6) is 0.987. The number of piperidine rings is 1. The predicted molar refractivity (Wildman–Crippen MR) is 113 cm³/mol. The van der Waals surface area contributed by atoms with Gasteiger partial charge in [0, 0.05) is 56.7 Å². The van der Waals surface area contributed by atoms with E-state index in [0.29, 0.717) is 5.69 Å². The summed E-state index contributed by atoms with van der Waals surface area (Å²) in [4.78, 5) is 22.3. The average Bonchev–Trinajstić information content (AvgIpc) is 3.46. The zero-order chi connectivity index (χ0) is 20.8. The molecule has 0 spiro atoms. The average molecular weight is 409 g/mol. The second-order valence-electron chi connectivity index (χ2n) is 8.46. The Balaban J connectivity index is 1.48. The second-order valence-corrected chi connectivity index (χ2v) is 8.46. The molecule has 9 heteroatoms. The summed E-state index contributed by atoms with van der Waals surface area (Å²) in [5, 5.41) is 8.96. The van der Waals surface area contributed by atoms with Gasteiger partial charge in [0.15, 0.2) is 5.65 Å². The number of nitrogens with zero attached hydrogens (tertiary/aromatic N) is 7. The number of hydrogen-bond donors (Lipinski definition) is 1. The molecule has 0 bridgehead atoms. The Morgan fingerprint density at radius 3 is 2.83 bits per heavy atom. The van der Waals surface area contributed by atoms with Crippen molar-refractivity contribution < 1.29 is 4.79 Å². The molecule has 2 N–H and O–H groups in total. The lowest BCUT2D eigenvalue weighted by molar-refractivity contribution is 0.0594. The lowest BCUT2D eigenvalue weighted by Crippen LogP contribution is -2.39.